The quantitative estimate of drug-likeness (QED) is 0.667. The van der Waals surface area contributed by atoms with Crippen molar-refractivity contribution in [3.8, 4) is 17.7 Å². The number of carbonyl (C=O) groups excluding carboxylic acids is 1. The highest BCUT2D eigenvalue weighted by atomic mass is 35.5. The van der Waals surface area contributed by atoms with Gasteiger partial charge in [0.25, 0.3) is 0 Å². The van der Waals surface area contributed by atoms with Gasteiger partial charge in [-0.1, -0.05) is 53.8 Å². The fraction of sp³-hybridized carbons (Fsp3) is 0.222. The monoisotopic (exact) mass is 344 g/mol. The van der Waals surface area contributed by atoms with Crippen molar-refractivity contribution in [2.24, 2.45) is 0 Å². The number of hydrogen-bond acceptors (Lipinski definition) is 4. The number of pyridine rings is 1. The zero-order valence-electron chi connectivity index (χ0n) is 13.2. The molecular weight excluding hydrogens is 328 g/mol. The first-order chi connectivity index (χ1) is 11.7. The molecule has 1 heterocycles. The smallest absolute Gasteiger partial charge is 0.407 e. The van der Waals surface area contributed by atoms with Gasteiger partial charge in [-0.2, -0.15) is 0 Å². The van der Waals surface area contributed by atoms with Crippen molar-refractivity contribution in [1.29, 1.82) is 0 Å². The van der Waals surface area contributed by atoms with Crippen LogP contribution in [-0.2, 0) is 11.3 Å². The van der Waals surface area contributed by atoms with E-state index < -0.39 is 6.09 Å². The van der Waals surface area contributed by atoms with Crippen LogP contribution in [-0.4, -0.2) is 24.7 Å². The number of aromatic nitrogens is 1. The third kappa shape index (κ3) is 5.82. The van der Waals surface area contributed by atoms with Crippen molar-refractivity contribution in [2.45, 2.75) is 13.0 Å². The molecule has 0 spiro atoms. The average molecular weight is 345 g/mol. The third-order valence-corrected chi connectivity index (χ3v) is 3.17. The van der Waals surface area contributed by atoms with Gasteiger partial charge in [0.05, 0.1) is 17.7 Å². The molecule has 5 nitrogen and oxygen atoms in total. The Labute approximate surface area is 146 Å². The molecule has 0 atom stereocenters. The van der Waals surface area contributed by atoms with Crippen LogP contribution in [0.3, 0.4) is 0 Å². The number of halogens is 1. The molecule has 0 saturated heterocycles. The molecule has 0 aliphatic rings. The first-order valence-corrected chi connectivity index (χ1v) is 7.70. The van der Waals surface area contributed by atoms with Crippen molar-refractivity contribution in [1.82, 2.24) is 10.3 Å². The lowest BCUT2D eigenvalue weighted by molar-refractivity contribution is 0.140. The van der Waals surface area contributed by atoms with Crippen LogP contribution in [0.15, 0.2) is 42.6 Å². The van der Waals surface area contributed by atoms with E-state index in [2.05, 4.69) is 22.1 Å². The summed E-state index contributed by atoms with van der Waals surface area (Å²) >= 11 is 5.88. The lowest BCUT2D eigenvalue weighted by Gasteiger charge is -2.05. The summed E-state index contributed by atoms with van der Waals surface area (Å²) in [6.45, 7) is 0.626. The maximum atomic E-state index is 11.6. The molecule has 1 aromatic carbocycles. The Balaban J connectivity index is 1.73. The summed E-state index contributed by atoms with van der Waals surface area (Å²) in [4.78, 5) is 15.6. The zero-order valence-corrected chi connectivity index (χ0v) is 14.0. The number of benzene rings is 1. The van der Waals surface area contributed by atoms with Crippen LogP contribution in [0.4, 0.5) is 4.79 Å². The van der Waals surface area contributed by atoms with Crippen LogP contribution in [0.2, 0.25) is 5.02 Å². The lowest BCUT2D eigenvalue weighted by atomic mass is 10.2. The maximum absolute atomic E-state index is 11.6. The number of methoxy groups -OCH3 is 1. The summed E-state index contributed by atoms with van der Waals surface area (Å²) in [6, 6.07) is 11.2. The highest BCUT2D eigenvalue weighted by molar-refractivity contribution is 6.30. The van der Waals surface area contributed by atoms with Gasteiger partial charge >= 0.3 is 6.09 Å². The summed E-state index contributed by atoms with van der Waals surface area (Å²) in [5.41, 5.74) is 1.55. The van der Waals surface area contributed by atoms with Crippen LogP contribution >= 0.6 is 11.6 Å². The number of carbonyl (C=O) groups is 1. The van der Waals surface area contributed by atoms with Gasteiger partial charge in [0.1, 0.15) is 6.61 Å². The molecule has 0 radical (unpaired) electrons. The maximum Gasteiger partial charge on any atom is 0.407 e. The number of rotatable bonds is 5. The molecule has 0 saturated carbocycles. The van der Waals surface area contributed by atoms with E-state index >= 15 is 0 Å². The lowest BCUT2D eigenvalue weighted by Crippen LogP contribution is -2.24. The number of ether oxygens (including phenoxy) is 2. The molecule has 24 heavy (non-hydrogen) atoms. The predicted molar refractivity (Wildman–Crippen MR) is 91.9 cm³/mol. The molecule has 6 heteroatoms. The van der Waals surface area contributed by atoms with Gasteiger partial charge in [-0.3, -0.25) is 0 Å². The average Bonchev–Trinajstić information content (AvgIpc) is 2.61. The van der Waals surface area contributed by atoms with E-state index in [1.54, 1.807) is 6.07 Å². The fourth-order valence-corrected chi connectivity index (χ4v) is 2.00. The van der Waals surface area contributed by atoms with Gasteiger partial charge in [-0.25, -0.2) is 9.78 Å². The van der Waals surface area contributed by atoms with Crippen molar-refractivity contribution >= 4 is 17.7 Å². The van der Waals surface area contributed by atoms with Crippen molar-refractivity contribution in [3.63, 3.8) is 0 Å². The van der Waals surface area contributed by atoms with E-state index in [-0.39, 0.29) is 6.61 Å². The van der Waals surface area contributed by atoms with Gasteiger partial charge in [-0.05, 0) is 11.6 Å². The summed E-state index contributed by atoms with van der Waals surface area (Å²) in [7, 11) is 1.52. The first-order valence-electron chi connectivity index (χ1n) is 7.32. The number of hydrogen-bond donors (Lipinski definition) is 1. The SMILES string of the molecule is COc1ncc(Cl)cc1C#CCCNC(=O)OCc1ccccc1. The second-order valence-electron chi connectivity index (χ2n) is 4.75. The van der Waals surface area contributed by atoms with Gasteiger partial charge in [0.15, 0.2) is 0 Å². The van der Waals surface area contributed by atoms with Crippen molar-refractivity contribution in [3.05, 3.63) is 58.7 Å². The Morgan fingerprint density at radius 2 is 2.12 bits per heavy atom. The molecule has 2 aromatic rings. The Kier molecular flexibility index (Phi) is 6.93. The molecule has 0 aliphatic heterocycles. The number of nitrogens with one attached hydrogen (secondary N) is 1. The molecule has 2 rings (SSSR count). The molecule has 1 N–H and O–H groups in total. The van der Waals surface area contributed by atoms with Crippen LogP contribution in [0.5, 0.6) is 5.88 Å². The summed E-state index contributed by atoms with van der Waals surface area (Å²) in [5, 5.41) is 3.13. The second-order valence-corrected chi connectivity index (χ2v) is 5.19. The molecule has 124 valence electrons. The van der Waals surface area contributed by atoms with Crippen LogP contribution in [0, 0.1) is 11.8 Å². The van der Waals surface area contributed by atoms with Crippen LogP contribution in [0.25, 0.3) is 0 Å². The fourth-order valence-electron chi connectivity index (χ4n) is 1.84. The minimum Gasteiger partial charge on any atom is -0.480 e. The molecule has 0 fully saturated rings. The van der Waals surface area contributed by atoms with E-state index in [4.69, 9.17) is 21.1 Å². The normalized spacial score (nSPS) is 9.58. The van der Waals surface area contributed by atoms with E-state index in [9.17, 15) is 4.79 Å². The second kappa shape index (κ2) is 9.43. The van der Waals surface area contributed by atoms with E-state index in [0.717, 1.165) is 5.56 Å². The Hall–Kier alpha value is -2.71. The summed E-state index contributed by atoms with van der Waals surface area (Å²) in [6.07, 6.45) is 1.49. The minimum atomic E-state index is -0.470. The van der Waals surface area contributed by atoms with Crippen LogP contribution in [0.1, 0.15) is 17.5 Å². The molecular formula is C18H17ClN2O3. The Morgan fingerprint density at radius 3 is 2.88 bits per heavy atom. The Morgan fingerprint density at radius 1 is 1.33 bits per heavy atom. The third-order valence-electron chi connectivity index (χ3n) is 2.97. The topological polar surface area (TPSA) is 60.5 Å². The largest absolute Gasteiger partial charge is 0.480 e. The van der Waals surface area contributed by atoms with E-state index in [1.165, 1.54) is 13.3 Å². The van der Waals surface area contributed by atoms with Crippen molar-refractivity contribution < 1.29 is 14.3 Å². The molecule has 0 unspecified atom stereocenters. The van der Waals surface area contributed by atoms with Crippen LogP contribution < -0.4 is 10.1 Å². The zero-order chi connectivity index (χ0) is 17.2. The number of nitrogens with zero attached hydrogens (tertiary/aromatic N) is 1. The number of amides is 1. The predicted octanol–water partition coefficient (Wildman–Crippen LogP) is 3.41. The van der Waals surface area contributed by atoms with Crippen molar-refractivity contribution in [2.75, 3.05) is 13.7 Å². The summed E-state index contributed by atoms with van der Waals surface area (Å²) < 4.78 is 10.2. The van der Waals surface area contributed by atoms with E-state index in [0.29, 0.717) is 29.4 Å². The molecule has 0 aliphatic carbocycles. The van der Waals surface area contributed by atoms with Gasteiger partial charge < -0.3 is 14.8 Å². The number of alkyl carbamates (subject to hydrolysis) is 1. The minimum absolute atomic E-state index is 0.240. The van der Waals surface area contributed by atoms with Gasteiger partial charge in [0.2, 0.25) is 5.88 Å². The highest BCUT2D eigenvalue weighted by Gasteiger charge is 2.03. The van der Waals surface area contributed by atoms with Gasteiger partial charge in [-0.15, -0.1) is 0 Å². The highest BCUT2D eigenvalue weighted by Crippen LogP contribution is 2.17. The molecule has 1 amide bonds. The molecule has 0 bridgehead atoms. The Bertz CT molecular complexity index is 739. The standard InChI is InChI=1S/C18H17ClN2O3/c1-23-17-15(11-16(19)12-21-17)9-5-6-10-20-18(22)24-13-14-7-3-2-4-8-14/h2-4,7-8,11-12H,6,10,13H2,1H3,(H,20,22). The first kappa shape index (κ1) is 17.6. The molecule has 1 aromatic heterocycles. The summed E-state index contributed by atoms with van der Waals surface area (Å²) in [5.74, 6) is 6.28. The van der Waals surface area contributed by atoms with Gasteiger partial charge in [0, 0.05) is 19.2 Å². The van der Waals surface area contributed by atoms with E-state index in [1.807, 2.05) is 30.3 Å².